The highest BCUT2D eigenvalue weighted by Gasteiger charge is 2.11. The Labute approximate surface area is 164 Å². The number of aryl methyl sites for hydroxylation is 1. The van der Waals surface area contributed by atoms with E-state index in [9.17, 15) is 9.59 Å². The molecule has 0 bridgehead atoms. The van der Waals surface area contributed by atoms with E-state index in [0.29, 0.717) is 24.5 Å². The second kappa shape index (κ2) is 10.9. The molecular weight excluding hydrogens is 358 g/mol. The number of carbonyl (C=O) groups excluding carboxylic acids is 1. The van der Waals surface area contributed by atoms with Crippen LogP contribution in [0.15, 0.2) is 53.6 Å². The van der Waals surface area contributed by atoms with Crippen LogP contribution in [0, 0.1) is 6.92 Å². The predicted molar refractivity (Wildman–Crippen MR) is 109 cm³/mol. The zero-order chi connectivity index (χ0) is 20.4. The van der Waals surface area contributed by atoms with Crippen molar-refractivity contribution in [2.24, 2.45) is 0 Å². The molecule has 1 amide bonds. The van der Waals surface area contributed by atoms with Crippen LogP contribution < -0.4 is 21.7 Å². The maximum absolute atomic E-state index is 12.6. The van der Waals surface area contributed by atoms with Crippen molar-refractivity contribution < 1.29 is 9.63 Å². The molecule has 1 heterocycles. The summed E-state index contributed by atoms with van der Waals surface area (Å²) in [5.41, 5.74) is 4.76. The first-order valence-corrected chi connectivity index (χ1v) is 9.11. The molecule has 0 unspecified atom stereocenters. The van der Waals surface area contributed by atoms with Crippen molar-refractivity contribution in [1.29, 1.82) is 0 Å². The van der Waals surface area contributed by atoms with Crippen molar-refractivity contribution in [3.05, 3.63) is 70.4 Å². The van der Waals surface area contributed by atoms with Gasteiger partial charge in [0.05, 0.1) is 6.61 Å². The summed E-state index contributed by atoms with van der Waals surface area (Å²) >= 11 is 0. The van der Waals surface area contributed by atoms with Crippen molar-refractivity contribution in [3.8, 4) is 0 Å². The highest BCUT2D eigenvalue weighted by Crippen LogP contribution is 2.02. The van der Waals surface area contributed by atoms with E-state index in [1.165, 1.54) is 10.1 Å². The molecule has 2 rings (SSSR count). The van der Waals surface area contributed by atoms with E-state index in [1.807, 2.05) is 30.3 Å². The minimum atomic E-state index is -0.316. The summed E-state index contributed by atoms with van der Waals surface area (Å²) < 4.78 is 1.40. The number of carbonyl (C=O) groups is 1. The van der Waals surface area contributed by atoms with Gasteiger partial charge in [0.2, 0.25) is 5.91 Å². The number of amides is 1. The van der Waals surface area contributed by atoms with Crippen molar-refractivity contribution in [1.82, 2.24) is 20.3 Å². The number of nitrogens with zero attached hydrogens (tertiary/aromatic N) is 2. The maximum atomic E-state index is 12.6. The largest absolute Gasteiger partial charge is 0.365 e. The van der Waals surface area contributed by atoms with Crippen LogP contribution in [0.5, 0.6) is 0 Å². The smallest absolute Gasteiger partial charge is 0.293 e. The highest BCUT2D eigenvalue weighted by molar-refractivity contribution is 5.75. The lowest BCUT2D eigenvalue weighted by molar-refractivity contribution is -0.122. The number of aromatic nitrogens is 2. The first-order valence-electron chi connectivity index (χ1n) is 9.11. The van der Waals surface area contributed by atoms with E-state index in [4.69, 9.17) is 4.84 Å². The van der Waals surface area contributed by atoms with E-state index in [2.05, 4.69) is 27.7 Å². The third-order valence-electron chi connectivity index (χ3n) is 3.88. The number of rotatable bonds is 11. The van der Waals surface area contributed by atoms with E-state index in [1.54, 1.807) is 20.0 Å². The molecule has 0 aliphatic rings. The molecule has 1 aromatic heterocycles. The van der Waals surface area contributed by atoms with E-state index < -0.39 is 0 Å². The van der Waals surface area contributed by atoms with Gasteiger partial charge in [0, 0.05) is 30.7 Å². The maximum Gasteiger partial charge on any atom is 0.293 e. The topological polar surface area (TPSA) is 97.3 Å². The van der Waals surface area contributed by atoms with Gasteiger partial charge in [0.15, 0.2) is 5.82 Å². The molecular formula is C20H27N5O3. The molecule has 0 spiro atoms. The number of hydroxylamine groups is 1. The van der Waals surface area contributed by atoms with Crippen LogP contribution >= 0.6 is 0 Å². The monoisotopic (exact) mass is 385 g/mol. The number of anilines is 1. The summed E-state index contributed by atoms with van der Waals surface area (Å²) in [5, 5.41) is 5.77. The van der Waals surface area contributed by atoms with Crippen molar-refractivity contribution in [3.63, 3.8) is 0 Å². The lowest BCUT2D eigenvalue weighted by Crippen LogP contribution is -2.36. The van der Waals surface area contributed by atoms with Crippen LogP contribution in [-0.4, -0.2) is 35.2 Å². The summed E-state index contributed by atoms with van der Waals surface area (Å²) in [7, 11) is 0. The van der Waals surface area contributed by atoms with Gasteiger partial charge >= 0.3 is 0 Å². The first-order chi connectivity index (χ1) is 13.5. The van der Waals surface area contributed by atoms with Gasteiger partial charge < -0.3 is 10.6 Å². The number of allylic oxidation sites excluding steroid dienone is 1. The number of hydrogen-bond acceptors (Lipinski definition) is 6. The Morgan fingerprint density at radius 2 is 2.00 bits per heavy atom. The Hall–Kier alpha value is -3.13. The van der Waals surface area contributed by atoms with Gasteiger partial charge in [-0.2, -0.15) is 0 Å². The molecule has 0 atom stereocenters. The van der Waals surface area contributed by atoms with Gasteiger partial charge in [-0.15, -0.1) is 0 Å². The fourth-order valence-corrected chi connectivity index (χ4v) is 2.47. The molecule has 28 heavy (non-hydrogen) atoms. The van der Waals surface area contributed by atoms with Crippen LogP contribution in [0.1, 0.15) is 18.2 Å². The van der Waals surface area contributed by atoms with Crippen molar-refractivity contribution in [2.45, 2.75) is 26.8 Å². The fourth-order valence-electron chi connectivity index (χ4n) is 2.47. The molecule has 150 valence electrons. The van der Waals surface area contributed by atoms with Crippen LogP contribution in [-0.2, 0) is 22.6 Å². The molecule has 0 aliphatic heterocycles. The van der Waals surface area contributed by atoms with Crippen LogP contribution in [0.3, 0.4) is 0 Å². The zero-order valence-electron chi connectivity index (χ0n) is 16.3. The van der Waals surface area contributed by atoms with Crippen molar-refractivity contribution >= 4 is 11.7 Å². The average Bonchev–Trinajstić information content (AvgIpc) is 2.67. The van der Waals surface area contributed by atoms with Crippen LogP contribution in [0.25, 0.3) is 0 Å². The van der Waals surface area contributed by atoms with Crippen LogP contribution in [0.4, 0.5) is 5.82 Å². The summed E-state index contributed by atoms with van der Waals surface area (Å²) in [4.78, 5) is 34.0. The summed E-state index contributed by atoms with van der Waals surface area (Å²) in [5.74, 6) is -0.0334. The van der Waals surface area contributed by atoms with Gasteiger partial charge in [-0.25, -0.2) is 4.98 Å². The van der Waals surface area contributed by atoms with Crippen LogP contribution in [0.2, 0.25) is 0 Å². The third kappa shape index (κ3) is 6.88. The minimum absolute atomic E-state index is 0.0749. The first kappa shape index (κ1) is 21.2. The number of nitrogens with one attached hydrogen (secondary N) is 3. The Bertz CT molecular complexity index is 849. The van der Waals surface area contributed by atoms with Crippen molar-refractivity contribution in [2.75, 3.05) is 25.0 Å². The normalized spacial score (nSPS) is 10.4. The molecule has 3 N–H and O–H groups in total. The standard InChI is InChI=1S/C20H27N5O3/c1-15(2)24-28-12-11-21-18(26)14-25-16(3)13-23-19(20(25)27)22-10-9-17-7-5-4-6-8-17/h4-8,13,24H,1,9-12,14H2,2-3H3,(H,21,26)(H,22,23). The van der Waals surface area contributed by atoms with Gasteiger partial charge in [-0.05, 0) is 25.8 Å². The molecule has 1 aromatic carbocycles. The van der Waals surface area contributed by atoms with Gasteiger partial charge in [0.25, 0.3) is 5.56 Å². The zero-order valence-corrected chi connectivity index (χ0v) is 16.3. The quantitative estimate of drug-likeness (QED) is 0.399. The Kier molecular flexibility index (Phi) is 8.23. The molecule has 0 saturated carbocycles. The summed E-state index contributed by atoms with van der Waals surface area (Å²) in [6, 6.07) is 9.98. The minimum Gasteiger partial charge on any atom is -0.365 e. The fraction of sp³-hybridized carbons (Fsp3) is 0.350. The number of hydrogen-bond donors (Lipinski definition) is 3. The summed E-state index contributed by atoms with van der Waals surface area (Å²) in [6.45, 7) is 8.26. The Morgan fingerprint density at radius 3 is 2.71 bits per heavy atom. The Balaban J connectivity index is 1.88. The van der Waals surface area contributed by atoms with E-state index in [0.717, 1.165) is 6.42 Å². The van der Waals surface area contributed by atoms with Gasteiger partial charge in [-0.1, -0.05) is 36.9 Å². The van der Waals surface area contributed by atoms with Gasteiger partial charge in [0.1, 0.15) is 6.54 Å². The molecule has 0 radical (unpaired) electrons. The lowest BCUT2D eigenvalue weighted by Gasteiger charge is -2.13. The second-order valence-electron chi connectivity index (χ2n) is 6.38. The lowest BCUT2D eigenvalue weighted by atomic mass is 10.1. The second-order valence-corrected chi connectivity index (χ2v) is 6.38. The molecule has 0 fully saturated rings. The molecule has 2 aromatic rings. The molecule has 0 aliphatic carbocycles. The SMILES string of the molecule is C=C(C)NOCCNC(=O)Cn1c(C)cnc(NCCc2ccccc2)c1=O. The van der Waals surface area contributed by atoms with Gasteiger partial charge in [-0.3, -0.25) is 24.5 Å². The molecule has 0 saturated heterocycles. The molecule has 8 heteroatoms. The molecule has 8 nitrogen and oxygen atoms in total. The summed E-state index contributed by atoms with van der Waals surface area (Å²) in [6.07, 6.45) is 2.36. The Morgan fingerprint density at radius 1 is 1.25 bits per heavy atom. The number of benzene rings is 1. The average molecular weight is 385 g/mol. The van der Waals surface area contributed by atoms with E-state index >= 15 is 0 Å². The predicted octanol–water partition coefficient (Wildman–Crippen LogP) is 1.38. The third-order valence-corrected chi connectivity index (χ3v) is 3.88. The highest BCUT2D eigenvalue weighted by atomic mass is 16.6. The van der Waals surface area contributed by atoms with E-state index in [-0.39, 0.29) is 30.4 Å².